The van der Waals surface area contributed by atoms with E-state index >= 15 is 0 Å². The molecule has 35 heavy (non-hydrogen) atoms. The van der Waals surface area contributed by atoms with E-state index in [-0.39, 0.29) is 24.5 Å². The monoisotopic (exact) mass is 485 g/mol. The maximum Gasteiger partial charge on any atom is 0.231 e. The molecule has 4 heterocycles. The van der Waals surface area contributed by atoms with E-state index in [1.807, 2.05) is 23.1 Å². The fourth-order valence-electron chi connectivity index (χ4n) is 6.37. The van der Waals surface area contributed by atoms with Gasteiger partial charge in [0.2, 0.25) is 18.6 Å². The summed E-state index contributed by atoms with van der Waals surface area (Å²) in [7, 11) is 1.71. The van der Waals surface area contributed by atoms with Gasteiger partial charge in [-0.3, -0.25) is 9.59 Å². The summed E-state index contributed by atoms with van der Waals surface area (Å²) in [5.41, 5.74) is 0.993. The van der Waals surface area contributed by atoms with Crippen molar-refractivity contribution in [3.8, 4) is 11.5 Å². The fourth-order valence-corrected chi connectivity index (χ4v) is 6.37. The Morgan fingerprint density at radius 2 is 2.00 bits per heavy atom. The van der Waals surface area contributed by atoms with Crippen molar-refractivity contribution in [2.75, 3.05) is 53.2 Å². The van der Waals surface area contributed by atoms with Crippen LogP contribution in [0, 0.1) is 11.8 Å². The fraction of sp³-hybridized carbons (Fsp3) is 0.704. The van der Waals surface area contributed by atoms with E-state index in [9.17, 15) is 9.59 Å². The minimum atomic E-state index is -0.273. The normalized spacial score (nSPS) is 26.1. The molecule has 0 N–H and O–H groups in total. The zero-order valence-corrected chi connectivity index (χ0v) is 21.0. The number of hydrogen-bond donors (Lipinski definition) is 0. The molecule has 4 aliphatic heterocycles. The van der Waals surface area contributed by atoms with E-state index in [4.69, 9.17) is 14.2 Å². The SMILES string of the molecule is COCCCN(C[C@@H]1CCCN2CCCC[C@H]12)C(=O)C1CC(=O)N(Cc2ccc3c(c2)OCO3)C1. The zero-order chi connectivity index (χ0) is 24.2. The number of likely N-dealkylation sites (tertiary alicyclic amines) is 1. The molecule has 192 valence electrons. The van der Waals surface area contributed by atoms with Crippen LogP contribution in [0.4, 0.5) is 0 Å². The van der Waals surface area contributed by atoms with Gasteiger partial charge >= 0.3 is 0 Å². The van der Waals surface area contributed by atoms with Gasteiger partial charge < -0.3 is 28.9 Å². The van der Waals surface area contributed by atoms with Crippen LogP contribution in [-0.4, -0.2) is 85.8 Å². The maximum absolute atomic E-state index is 13.7. The van der Waals surface area contributed by atoms with Gasteiger partial charge in [0.05, 0.1) is 5.92 Å². The first kappa shape index (κ1) is 24.4. The van der Waals surface area contributed by atoms with E-state index in [0.717, 1.165) is 30.0 Å². The molecule has 3 fully saturated rings. The summed E-state index contributed by atoms with van der Waals surface area (Å²) in [4.78, 5) is 33.1. The molecule has 1 unspecified atom stereocenters. The number of methoxy groups -OCH3 is 1. The van der Waals surface area contributed by atoms with Gasteiger partial charge in [-0.05, 0) is 68.8 Å². The number of carbonyl (C=O) groups is 2. The third kappa shape index (κ3) is 5.59. The molecule has 1 aromatic rings. The molecular formula is C27H39N3O5. The third-order valence-corrected chi connectivity index (χ3v) is 8.15. The molecule has 0 aromatic heterocycles. The van der Waals surface area contributed by atoms with Gasteiger partial charge in [0.25, 0.3) is 0 Å². The zero-order valence-electron chi connectivity index (χ0n) is 21.0. The van der Waals surface area contributed by atoms with Crippen molar-refractivity contribution in [3.63, 3.8) is 0 Å². The lowest BCUT2D eigenvalue weighted by molar-refractivity contribution is -0.137. The van der Waals surface area contributed by atoms with Gasteiger partial charge in [-0.1, -0.05) is 12.5 Å². The summed E-state index contributed by atoms with van der Waals surface area (Å²) in [5, 5.41) is 0. The van der Waals surface area contributed by atoms with Crippen LogP contribution in [0.5, 0.6) is 11.5 Å². The molecule has 0 radical (unpaired) electrons. The average molecular weight is 486 g/mol. The van der Waals surface area contributed by atoms with E-state index in [0.29, 0.717) is 44.6 Å². The number of hydrogen-bond acceptors (Lipinski definition) is 6. The standard InChI is InChI=1S/C27H39N3O5/c1-33-13-5-12-29(17-21-6-4-11-28-10-3-2-7-23(21)28)27(32)22-15-26(31)30(18-22)16-20-8-9-24-25(14-20)35-19-34-24/h8-9,14,21-23H,2-7,10-13,15-19H2,1H3/t21-,22?,23+/m0/s1. The first-order chi connectivity index (χ1) is 17.1. The molecule has 1 aromatic carbocycles. The lowest BCUT2D eigenvalue weighted by atomic mass is 9.83. The highest BCUT2D eigenvalue weighted by Crippen LogP contribution is 2.34. The number of ether oxygens (including phenoxy) is 3. The first-order valence-corrected chi connectivity index (χ1v) is 13.3. The Kier molecular flexibility index (Phi) is 7.78. The van der Waals surface area contributed by atoms with Crippen LogP contribution >= 0.6 is 0 Å². The average Bonchev–Trinajstić information content (AvgIpc) is 3.49. The summed E-state index contributed by atoms with van der Waals surface area (Å²) in [5.74, 6) is 1.89. The molecule has 8 heteroatoms. The smallest absolute Gasteiger partial charge is 0.231 e. The van der Waals surface area contributed by atoms with Crippen LogP contribution in [0.25, 0.3) is 0 Å². The quantitative estimate of drug-likeness (QED) is 0.501. The summed E-state index contributed by atoms with van der Waals surface area (Å²) >= 11 is 0. The van der Waals surface area contributed by atoms with Crippen molar-refractivity contribution in [1.82, 2.24) is 14.7 Å². The van der Waals surface area contributed by atoms with Crippen molar-refractivity contribution < 1.29 is 23.8 Å². The Balaban J connectivity index is 1.23. The lowest BCUT2D eigenvalue weighted by Crippen LogP contribution is -2.52. The number of benzene rings is 1. The van der Waals surface area contributed by atoms with E-state index < -0.39 is 0 Å². The number of nitrogens with zero attached hydrogens (tertiary/aromatic N) is 3. The second-order valence-corrected chi connectivity index (χ2v) is 10.5. The molecule has 0 aliphatic carbocycles. The number of amides is 2. The Morgan fingerprint density at radius 1 is 1.14 bits per heavy atom. The maximum atomic E-state index is 13.7. The van der Waals surface area contributed by atoms with Gasteiger partial charge in [-0.25, -0.2) is 0 Å². The topological polar surface area (TPSA) is 71.6 Å². The Labute approximate surface area is 208 Å². The largest absolute Gasteiger partial charge is 0.454 e. The predicted octanol–water partition coefficient (Wildman–Crippen LogP) is 2.89. The molecule has 0 bridgehead atoms. The molecule has 2 amide bonds. The van der Waals surface area contributed by atoms with Crippen LogP contribution in [0.1, 0.15) is 50.5 Å². The summed E-state index contributed by atoms with van der Waals surface area (Å²) < 4.78 is 16.1. The number of fused-ring (bicyclic) bond motifs is 2. The molecule has 4 aliphatic rings. The first-order valence-electron chi connectivity index (χ1n) is 13.3. The van der Waals surface area contributed by atoms with Crippen LogP contribution < -0.4 is 9.47 Å². The Morgan fingerprint density at radius 3 is 2.89 bits per heavy atom. The van der Waals surface area contributed by atoms with Crippen molar-refractivity contribution in [2.45, 2.75) is 57.5 Å². The van der Waals surface area contributed by atoms with Crippen molar-refractivity contribution >= 4 is 11.8 Å². The Hall–Kier alpha value is -2.32. The van der Waals surface area contributed by atoms with Crippen molar-refractivity contribution in [3.05, 3.63) is 23.8 Å². The van der Waals surface area contributed by atoms with Gasteiger partial charge in [0.15, 0.2) is 11.5 Å². The predicted molar refractivity (Wildman–Crippen MR) is 131 cm³/mol. The van der Waals surface area contributed by atoms with Crippen LogP contribution in [0.15, 0.2) is 18.2 Å². The molecule has 3 atom stereocenters. The third-order valence-electron chi connectivity index (χ3n) is 8.15. The lowest BCUT2D eigenvalue weighted by Gasteiger charge is -2.46. The Bertz CT molecular complexity index is 907. The molecule has 3 saturated heterocycles. The van der Waals surface area contributed by atoms with Crippen molar-refractivity contribution in [2.24, 2.45) is 11.8 Å². The second kappa shape index (κ2) is 11.2. The van der Waals surface area contributed by atoms with Crippen LogP contribution in [0.3, 0.4) is 0 Å². The summed E-state index contributed by atoms with van der Waals surface area (Å²) in [6.45, 7) is 5.74. The molecule has 5 rings (SSSR count). The summed E-state index contributed by atoms with van der Waals surface area (Å²) in [6.07, 6.45) is 7.36. The number of piperidine rings is 2. The van der Waals surface area contributed by atoms with Gasteiger partial charge in [-0.15, -0.1) is 0 Å². The molecular weight excluding hydrogens is 446 g/mol. The number of carbonyl (C=O) groups excluding carboxylic acids is 2. The second-order valence-electron chi connectivity index (χ2n) is 10.5. The highest BCUT2D eigenvalue weighted by Gasteiger charge is 2.39. The van der Waals surface area contributed by atoms with Gasteiger partial charge in [-0.2, -0.15) is 0 Å². The highest BCUT2D eigenvalue weighted by atomic mass is 16.7. The summed E-state index contributed by atoms with van der Waals surface area (Å²) in [6, 6.07) is 6.38. The molecule has 0 saturated carbocycles. The van der Waals surface area contributed by atoms with Crippen LogP contribution in [-0.2, 0) is 20.9 Å². The molecule has 8 nitrogen and oxygen atoms in total. The van der Waals surface area contributed by atoms with Crippen LogP contribution in [0.2, 0.25) is 0 Å². The number of rotatable bonds is 9. The van der Waals surface area contributed by atoms with Gasteiger partial charge in [0.1, 0.15) is 0 Å². The van der Waals surface area contributed by atoms with E-state index in [1.54, 1.807) is 7.11 Å². The minimum Gasteiger partial charge on any atom is -0.454 e. The molecule has 0 spiro atoms. The van der Waals surface area contributed by atoms with E-state index in [1.165, 1.54) is 45.2 Å². The van der Waals surface area contributed by atoms with Crippen molar-refractivity contribution in [1.29, 1.82) is 0 Å². The minimum absolute atomic E-state index is 0.0500. The van der Waals surface area contributed by atoms with Gasteiger partial charge in [0, 0.05) is 52.4 Å². The highest BCUT2D eigenvalue weighted by molar-refractivity contribution is 5.89. The van der Waals surface area contributed by atoms with E-state index in [2.05, 4.69) is 9.80 Å².